The maximum atomic E-state index is 11.7. The number of hydrogen-bond donors (Lipinski definition) is 1. The Bertz CT molecular complexity index is 591. The van der Waals surface area contributed by atoms with Gasteiger partial charge in [-0.25, -0.2) is 0 Å². The minimum absolute atomic E-state index is 0.0530. The lowest BCUT2D eigenvalue weighted by Crippen LogP contribution is -2.69. The van der Waals surface area contributed by atoms with E-state index in [1.54, 1.807) is 6.92 Å². The smallest absolute Gasteiger partial charge is 0.217 e. The lowest BCUT2D eigenvalue weighted by Gasteiger charge is -2.59. The zero-order valence-electron chi connectivity index (χ0n) is 17.3. The third-order valence-electron chi connectivity index (χ3n) is 6.52. The highest BCUT2D eigenvalue weighted by molar-refractivity contribution is 5.73. The number of rotatable bonds is 7. The third-order valence-corrected chi connectivity index (χ3v) is 6.52. The van der Waals surface area contributed by atoms with Gasteiger partial charge in [0.05, 0.1) is 6.61 Å². The van der Waals surface area contributed by atoms with Gasteiger partial charge in [-0.2, -0.15) is 5.06 Å². The van der Waals surface area contributed by atoms with Gasteiger partial charge in [-0.1, -0.05) is 51.1 Å². The van der Waals surface area contributed by atoms with Crippen LogP contribution in [0.15, 0.2) is 30.3 Å². The van der Waals surface area contributed by atoms with Gasteiger partial charge in [0.2, 0.25) is 5.91 Å². The van der Waals surface area contributed by atoms with Crippen molar-refractivity contribution in [3.05, 3.63) is 35.9 Å². The van der Waals surface area contributed by atoms with Crippen molar-refractivity contribution < 1.29 is 9.63 Å². The molecule has 0 saturated carbocycles. The molecule has 1 fully saturated rings. The largest absolute Gasteiger partial charge is 0.353 e. The molecule has 0 aliphatic carbocycles. The number of benzene rings is 1. The van der Waals surface area contributed by atoms with E-state index >= 15 is 0 Å². The number of carbonyl (C=O) groups is 1. The molecule has 0 bridgehead atoms. The van der Waals surface area contributed by atoms with Crippen molar-refractivity contribution >= 4 is 5.91 Å². The van der Waals surface area contributed by atoms with Crippen molar-refractivity contribution in [2.75, 3.05) is 6.61 Å². The summed E-state index contributed by atoms with van der Waals surface area (Å²) in [6.07, 6.45) is 3.77. The van der Waals surface area contributed by atoms with E-state index in [4.69, 9.17) is 4.84 Å². The van der Waals surface area contributed by atoms with Gasteiger partial charge in [0.1, 0.15) is 0 Å². The maximum Gasteiger partial charge on any atom is 0.217 e. The van der Waals surface area contributed by atoms with E-state index in [9.17, 15) is 4.79 Å². The fourth-order valence-corrected chi connectivity index (χ4v) is 4.36. The third kappa shape index (κ3) is 4.29. The standard InChI is InChI=1S/C22H36N2O2/c1-7-21(5)16-20(23-18(4)25)17(3)22(6,8-2)24(21)26-15-14-19-12-10-9-11-13-19/h9-13,17,20H,7-8,14-16H2,1-6H3,(H,23,25). The molecule has 1 aliphatic rings. The van der Waals surface area contributed by atoms with Gasteiger partial charge in [-0.15, -0.1) is 0 Å². The van der Waals surface area contributed by atoms with Crippen LogP contribution >= 0.6 is 0 Å². The van der Waals surface area contributed by atoms with Gasteiger partial charge in [0.15, 0.2) is 0 Å². The number of carbonyl (C=O) groups excluding carboxylic acids is 1. The van der Waals surface area contributed by atoms with E-state index in [1.807, 2.05) is 6.07 Å². The summed E-state index contributed by atoms with van der Waals surface area (Å²) >= 11 is 0. The summed E-state index contributed by atoms with van der Waals surface area (Å²) in [5.74, 6) is 0.366. The van der Waals surface area contributed by atoms with Crippen LogP contribution in [0.25, 0.3) is 0 Å². The summed E-state index contributed by atoms with van der Waals surface area (Å²) in [6, 6.07) is 10.7. The van der Waals surface area contributed by atoms with E-state index in [0.29, 0.717) is 12.5 Å². The van der Waals surface area contributed by atoms with E-state index in [2.05, 4.69) is 69.3 Å². The molecule has 26 heavy (non-hydrogen) atoms. The molecule has 0 radical (unpaired) electrons. The Labute approximate surface area is 159 Å². The number of nitrogens with zero attached hydrogens (tertiary/aromatic N) is 1. The molecule has 2 rings (SSSR count). The molecule has 1 N–H and O–H groups in total. The quantitative estimate of drug-likeness (QED) is 0.786. The SMILES string of the molecule is CCC1(C)CC(NC(C)=O)C(C)C(C)(CC)N1OCCc1ccccc1. The minimum Gasteiger partial charge on any atom is -0.353 e. The number of hydrogen-bond acceptors (Lipinski definition) is 3. The van der Waals surface area contributed by atoms with Crippen LogP contribution in [0.1, 0.15) is 66.4 Å². The van der Waals surface area contributed by atoms with E-state index in [-0.39, 0.29) is 23.0 Å². The van der Waals surface area contributed by atoms with Crippen LogP contribution in [0, 0.1) is 5.92 Å². The molecule has 1 aromatic rings. The molecule has 1 amide bonds. The first kappa shape index (κ1) is 20.9. The summed E-state index contributed by atoms with van der Waals surface area (Å²) in [6.45, 7) is 13.5. The Morgan fingerprint density at radius 1 is 1.23 bits per heavy atom. The second-order valence-electron chi connectivity index (χ2n) is 8.22. The molecule has 4 unspecified atom stereocenters. The van der Waals surface area contributed by atoms with Crippen molar-refractivity contribution in [2.24, 2.45) is 5.92 Å². The first-order valence-electron chi connectivity index (χ1n) is 10.0. The second-order valence-corrected chi connectivity index (χ2v) is 8.22. The van der Waals surface area contributed by atoms with E-state index in [0.717, 1.165) is 25.7 Å². The molecule has 1 heterocycles. The summed E-state index contributed by atoms with van der Waals surface area (Å²) < 4.78 is 0. The molecule has 0 spiro atoms. The van der Waals surface area contributed by atoms with Crippen molar-refractivity contribution in [1.29, 1.82) is 0 Å². The molecule has 4 nitrogen and oxygen atoms in total. The first-order chi connectivity index (χ1) is 12.3. The predicted molar refractivity (Wildman–Crippen MR) is 107 cm³/mol. The normalized spacial score (nSPS) is 32.4. The number of hydroxylamine groups is 2. The lowest BCUT2D eigenvalue weighted by atomic mass is 9.68. The van der Waals surface area contributed by atoms with E-state index in [1.165, 1.54) is 5.56 Å². The molecule has 0 aromatic heterocycles. The topological polar surface area (TPSA) is 41.6 Å². The Kier molecular flexibility index (Phi) is 6.86. The number of nitrogens with one attached hydrogen (secondary N) is 1. The monoisotopic (exact) mass is 360 g/mol. The van der Waals surface area contributed by atoms with Gasteiger partial charge >= 0.3 is 0 Å². The molecule has 146 valence electrons. The molecular weight excluding hydrogens is 324 g/mol. The van der Waals surface area contributed by atoms with Crippen LogP contribution in [-0.4, -0.2) is 34.7 Å². The summed E-state index contributed by atoms with van der Waals surface area (Å²) in [4.78, 5) is 18.2. The molecule has 1 saturated heterocycles. The molecule has 1 aromatic carbocycles. The van der Waals surface area contributed by atoms with Gasteiger partial charge in [0, 0.05) is 24.0 Å². The average Bonchev–Trinajstić information content (AvgIpc) is 2.63. The fraction of sp³-hybridized carbons (Fsp3) is 0.682. The Morgan fingerprint density at radius 3 is 2.42 bits per heavy atom. The van der Waals surface area contributed by atoms with Crippen LogP contribution < -0.4 is 5.32 Å². The Balaban J connectivity index is 2.19. The van der Waals surface area contributed by atoms with Crippen LogP contribution in [0.2, 0.25) is 0 Å². The summed E-state index contributed by atoms with van der Waals surface area (Å²) in [7, 11) is 0. The molecule has 4 heteroatoms. The zero-order chi connectivity index (χ0) is 19.4. The van der Waals surface area contributed by atoms with Crippen LogP contribution in [0.5, 0.6) is 0 Å². The number of amides is 1. The molecular formula is C22H36N2O2. The molecule has 4 atom stereocenters. The lowest BCUT2D eigenvalue weighted by molar-refractivity contribution is -0.306. The molecule has 1 aliphatic heterocycles. The first-order valence-corrected chi connectivity index (χ1v) is 10.0. The number of piperidine rings is 1. The van der Waals surface area contributed by atoms with Crippen LogP contribution in [-0.2, 0) is 16.1 Å². The minimum atomic E-state index is -0.118. The van der Waals surface area contributed by atoms with Gasteiger partial charge in [-0.3, -0.25) is 9.63 Å². The fourth-order valence-electron chi connectivity index (χ4n) is 4.36. The highest BCUT2D eigenvalue weighted by Gasteiger charge is 2.53. The highest BCUT2D eigenvalue weighted by atomic mass is 16.7. The Hall–Kier alpha value is -1.39. The highest BCUT2D eigenvalue weighted by Crippen LogP contribution is 2.45. The van der Waals surface area contributed by atoms with Gasteiger partial charge in [-0.05, 0) is 51.0 Å². The van der Waals surface area contributed by atoms with Crippen LogP contribution in [0.4, 0.5) is 0 Å². The summed E-state index contributed by atoms with van der Waals surface area (Å²) in [5, 5.41) is 5.46. The van der Waals surface area contributed by atoms with Crippen molar-refractivity contribution in [1.82, 2.24) is 10.4 Å². The van der Waals surface area contributed by atoms with Crippen molar-refractivity contribution in [2.45, 2.75) is 84.3 Å². The van der Waals surface area contributed by atoms with Gasteiger partial charge < -0.3 is 5.32 Å². The Morgan fingerprint density at radius 2 is 1.88 bits per heavy atom. The van der Waals surface area contributed by atoms with E-state index < -0.39 is 0 Å². The average molecular weight is 361 g/mol. The van der Waals surface area contributed by atoms with Crippen molar-refractivity contribution in [3.63, 3.8) is 0 Å². The zero-order valence-corrected chi connectivity index (χ0v) is 17.3. The second kappa shape index (κ2) is 8.53. The summed E-state index contributed by atoms with van der Waals surface area (Å²) in [5.41, 5.74) is 1.08. The van der Waals surface area contributed by atoms with Gasteiger partial charge in [0.25, 0.3) is 0 Å². The maximum absolute atomic E-state index is 11.7. The predicted octanol–water partition coefficient (Wildman–Crippen LogP) is 4.34. The van der Waals surface area contributed by atoms with Crippen molar-refractivity contribution in [3.8, 4) is 0 Å². The van der Waals surface area contributed by atoms with Crippen LogP contribution in [0.3, 0.4) is 0 Å².